The van der Waals surface area contributed by atoms with Gasteiger partial charge in [-0.2, -0.15) is 0 Å². The highest BCUT2D eigenvalue weighted by Crippen LogP contribution is 2.13. The van der Waals surface area contributed by atoms with E-state index in [1.807, 2.05) is 65.6 Å². The zero-order valence-electron chi connectivity index (χ0n) is 15.4. The molecule has 136 valence electrons. The van der Waals surface area contributed by atoms with Gasteiger partial charge in [-0.3, -0.25) is 9.59 Å². The summed E-state index contributed by atoms with van der Waals surface area (Å²) in [5.74, 6) is 0.175. The van der Waals surface area contributed by atoms with Crippen molar-refractivity contribution >= 4 is 11.8 Å². The molecule has 1 atom stereocenters. The number of hydrogen-bond acceptors (Lipinski definition) is 2. The van der Waals surface area contributed by atoms with Crippen molar-refractivity contribution < 1.29 is 14.5 Å². The van der Waals surface area contributed by atoms with Crippen molar-refractivity contribution in [2.24, 2.45) is 0 Å². The first-order valence-corrected chi connectivity index (χ1v) is 9.03. The quantitative estimate of drug-likeness (QED) is 0.887. The first-order chi connectivity index (χ1) is 12.6. The largest absolute Gasteiger partial charge is 0.343 e. The predicted molar refractivity (Wildman–Crippen MR) is 101 cm³/mol. The van der Waals surface area contributed by atoms with Gasteiger partial charge in [0.05, 0.1) is 26.2 Å². The Labute approximate surface area is 154 Å². The summed E-state index contributed by atoms with van der Waals surface area (Å²) in [4.78, 5) is 30.2. The van der Waals surface area contributed by atoms with Gasteiger partial charge < -0.3 is 14.7 Å². The molecule has 0 unspecified atom stereocenters. The van der Waals surface area contributed by atoms with Gasteiger partial charge >= 0.3 is 0 Å². The second-order valence-electron chi connectivity index (χ2n) is 6.89. The number of nitrogens with zero attached hydrogens (tertiary/aromatic N) is 2. The van der Waals surface area contributed by atoms with Crippen molar-refractivity contribution in [3.05, 3.63) is 71.8 Å². The number of hydrogen-bond donors (Lipinski definition) is 1. The van der Waals surface area contributed by atoms with Crippen LogP contribution in [0.4, 0.5) is 0 Å². The van der Waals surface area contributed by atoms with E-state index >= 15 is 0 Å². The molecule has 0 spiro atoms. The summed E-state index contributed by atoms with van der Waals surface area (Å²) < 4.78 is 0. The van der Waals surface area contributed by atoms with Crippen LogP contribution in [0.1, 0.15) is 22.0 Å². The van der Waals surface area contributed by atoms with Crippen LogP contribution < -0.4 is 4.90 Å². The summed E-state index contributed by atoms with van der Waals surface area (Å²) >= 11 is 0. The third kappa shape index (κ3) is 3.94. The monoisotopic (exact) mass is 352 g/mol. The van der Waals surface area contributed by atoms with E-state index in [-0.39, 0.29) is 17.9 Å². The van der Waals surface area contributed by atoms with Crippen LogP contribution in [0.2, 0.25) is 0 Å². The summed E-state index contributed by atoms with van der Waals surface area (Å²) in [6, 6.07) is 19.1. The lowest BCUT2D eigenvalue weighted by Gasteiger charge is -2.36. The molecular weight excluding hydrogens is 326 g/mol. The summed E-state index contributed by atoms with van der Waals surface area (Å²) in [5.41, 5.74) is 1.75. The summed E-state index contributed by atoms with van der Waals surface area (Å²) in [7, 11) is 3.60. The molecule has 1 saturated heterocycles. The van der Waals surface area contributed by atoms with E-state index < -0.39 is 0 Å². The molecule has 0 bridgehead atoms. The Morgan fingerprint density at radius 2 is 1.46 bits per heavy atom. The van der Waals surface area contributed by atoms with Crippen LogP contribution in [-0.2, 0) is 4.79 Å². The molecule has 2 amide bonds. The van der Waals surface area contributed by atoms with Crippen molar-refractivity contribution in [3.8, 4) is 0 Å². The van der Waals surface area contributed by atoms with Crippen molar-refractivity contribution in [3.63, 3.8) is 0 Å². The van der Waals surface area contributed by atoms with Crippen LogP contribution in [0.25, 0.3) is 0 Å². The van der Waals surface area contributed by atoms with Crippen LogP contribution in [0.5, 0.6) is 0 Å². The first kappa shape index (κ1) is 18.1. The van der Waals surface area contributed by atoms with E-state index in [1.54, 1.807) is 19.0 Å². The lowest BCUT2D eigenvalue weighted by atomic mass is 10.0. The van der Waals surface area contributed by atoms with Gasteiger partial charge in [-0.25, -0.2) is 0 Å². The Morgan fingerprint density at radius 1 is 0.923 bits per heavy atom. The summed E-state index contributed by atoms with van der Waals surface area (Å²) in [6.07, 6.45) is 0. The Bertz CT molecular complexity index is 738. The highest BCUT2D eigenvalue weighted by molar-refractivity contribution is 5.94. The molecule has 1 aliphatic heterocycles. The summed E-state index contributed by atoms with van der Waals surface area (Å²) in [6.45, 7) is 2.84. The van der Waals surface area contributed by atoms with Crippen molar-refractivity contribution in [1.29, 1.82) is 0 Å². The molecular formula is C21H26N3O2+. The maximum Gasteiger partial charge on any atom is 0.285 e. The molecule has 5 heteroatoms. The maximum absolute atomic E-state index is 12.8. The van der Waals surface area contributed by atoms with Crippen LogP contribution in [-0.4, -0.2) is 61.9 Å². The van der Waals surface area contributed by atoms with E-state index in [1.165, 1.54) is 4.90 Å². The summed E-state index contributed by atoms with van der Waals surface area (Å²) in [5, 5.41) is 0. The second-order valence-corrected chi connectivity index (χ2v) is 6.89. The number of carbonyl (C=O) groups excluding carboxylic acids is 2. The molecule has 26 heavy (non-hydrogen) atoms. The van der Waals surface area contributed by atoms with Crippen LogP contribution in [0.15, 0.2) is 60.7 Å². The van der Waals surface area contributed by atoms with Gasteiger partial charge in [0, 0.05) is 25.2 Å². The van der Waals surface area contributed by atoms with Gasteiger partial charge in [0.25, 0.3) is 11.8 Å². The highest BCUT2D eigenvalue weighted by atomic mass is 16.2. The van der Waals surface area contributed by atoms with E-state index in [0.29, 0.717) is 13.1 Å². The molecule has 5 nitrogen and oxygen atoms in total. The Hall–Kier alpha value is -2.66. The molecule has 2 aromatic rings. The second kappa shape index (κ2) is 8.15. The molecule has 0 saturated carbocycles. The standard InChI is InChI=1S/C21H25N3O2/c1-22(2)21(26)19(17-9-5-3-6-10-17)23-13-15-24(16-14-23)20(25)18-11-7-4-8-12-18/h3-12,19H,13-16H2,1-2H3/p+1/t19-/m0/s1. The van der Waals surface area contributed by atoms with Gasteiger partial charge in [-0.15, -0.1) is 0 Å². The van der Waals surface area contributed by atoms with Crippen molar-refractivity contribution in [2.45, 2.75) is 6.04 Å². The fourth-order valence-electron chi connectivity index (χ4n) is 3.51. The average molecular weight is 352 g/mol. The van der Waals surface area contributed by atoms with Crippen LogP contribution in [0.3, 0.4) is 0 Å². The topological polar surface area (TPSA) is 45.1 Å². The normalized spacial score (nSPS) is 16.2. The Morgan fingerprint density at radius 3 is 2.00 bits per heavy atom. The van der Waals surface area contributed by atoms with Gasteiger partial charge in [0.2, 0.25) is 0 Å². The number of carbonyl (C=O) groups is 2. The maximum atomic E-state index is 12.8. The zero-order valence-corrected chi connectivity index (χ0v) is 15.4. The number of nitrogens with one attached hydrogen (secondary N) is 1. The molecule has 0 aliphatic carbocycles. The predicted octanol–water partition coefficient (Wildman–Crippen LogP) is 0.857. The van der Waals surface area contributed by atoms with Crippen LogP contribution in [0, 0.1) is 0 Å². The van der Waals surface area contributed by atoms with E-state index in [0.717, 1.165) is 24.2 Å². The minimum atomic E-state index is -0.222. The molecule has 3 rings (SSSR count). The minimum Gasteiger partial charge on any atom is -0.343 e. The van der Waals surface area contributed by atoms with Gasteiger partial charge in [-0.1, -0.05) is 48.5 Å². The third-order valence-corrected chi connectivity index (χ3v) is 4.94. The van der Waals surface area contributed by atoms with E-state index in [4.69, 9.17) is 0 Å². The molecule has 1 aliphatic rings. The zero-order chi connectivity index (χ0) is 18.5. The lowest BCUT2D eigenvalue weighted by Crippen LogP contribution is -3.16. The number of quaternary nitrogens is 1. The molecule has 0 radical (unpaired) electrons. The van der Waals surface area contributed by atoms with E-state index in [2.05, 4.69) is 0 Å². The minimum absolute atomic E-state index is 0.0693. The fourth-order valence-corrected chi connectivity index (χ4v) is 3.51. The molecule has 0 aromatic heterocycles. The first-order valence-electron chi connectivity index (χ1n) is 9.03. The highest BCUT2D eigenvalue weighted by Gasteiger charge is 2.36. The Kier molecular flexibility index (Phi) is 5.68. The number of likely N-dealkylation sites (N-methyl/N-ethyl adjacent to an activating group) is 1. The molecule has 1 fully saturated rings. The number of amides is 2. The Balaban J connectivity index is 1.72. The van der Waals surface area contributed by atoms with Crippen LogP contribution >= 0.6 is 0 Å². The fraction of sp³-hybridized carbons (Fsp3) is 0.333. The number of rotatable bonds is 4. The van der Waals surface area contributed by atoms with Crippen molar-refractivity contribution in [2.75, 3.05) is 40.3 Å². The number of benzene rings is 2. The third-order valence-electron chi connectivity index (χ3n) is 4.94. The molecule has 1 heterocycles. The number of piperazine rings is 1. The van der Waals surface area contributed by atoms with E-state index in [9.17, 15) is 9.59 Å². The average Bonchev–Trinajstić information content (AvgIpc) is 2.69. The molecule has 2 aromatic carbocycles. The lowest BCUT2D eigenvalue weighted by molar-refractivity contribution is -0.926. The SMILES string of the molecule is CN(C)C(=O)[C@H](c1ccccc1)[NH+]1CCN(C(=O)c2ccccc2)CC1. The van der Waals surface area contributed by atoms with Gasteiger partial charge in [0.1, 0.15) is 0 Å². The van der Waals surface area contributed by atoms with Gasteiger partial charge in [0.15, 0.2) is 6.04 Å². The molecule has 1 N–H and O–H groups in total. The smallest absolute Gasteiger partial charge is 0.285 e. The van der Waals surface area contributed by atoms with Gasteiger partial charge in [-0.05, 0) is 12.1 Å². The van der Waals surface area contributed by atoms with Crippen molar-refractivity contribution in [1.82, 2.24) is 9.80 Å².